The van der Waals surface area contributed by atoms with Gasteiger partial charge in [-0.05, 0) is 41.8 Å². The molecule has 0 fully saturated rings. The minimum Gasteiger partial charge on any atom is -0.406 e. The zero-order valence-electron chi connectivity index (χ0n) is 16.5. The average Bonchev–Trinajstić information content (AvgIpc) is 2.67. The van der Waals surface area contributed by atoms with E-state index >= 15 is 0 Å². The first-order chi connectivity index (χ1) is 13.5. The molecule has 5 heteroatoms. The van der Waals surface area contributed by atoms with E-state index in [1.165, 1.54) is 57.1 Å². The Morgan fingerprint density at radius 2 is 1.21 bits per heavy atom. The Kier molecular flexibility index (Phi) is 9.18. The van der Waals surface area contributed by atoms with E-state index in [0.717, 1.165) is 29.8 Å². The van der Waals surface area contributed by atoms with Gasteiger partial charge in [0, 0.05) is 12.2 Å². The Bertz CT molecular complexity index is 666. The van der Waals surface area contributed by atoms with Crippen LogP contribution in [0, 0.1) is 0 Å². The molecule has 0 saturated heterocycles. The molecule has 2 aromatic carbocycles. The molecule has 0 saturated carbocycles. The van der Waals surface area contributed by atoms with Gasteiger partial charge in [0.2, 0.25) is 0 Å². The smallest absolute Gasteiger partial charge is 0.406 e. The van der Waals surface area contributed by atoms with E-state index in [0.29, 0.717) is 0 Å². The first-order valence-corrected chi connectivity index (χ1v) is 10.2. The fourth-order valence-corrected chi connectivity index (χ4v) is 3.12. The van der Waals surface area contributed by atoms with Gasteiger partial charge < -0.3 is 10.1 Å². The van der Waals surface area contributed by atoms with Crippen LogP contribution in [0.2, 0.25) is 0 Å². The summed E-state index contributed by atoms with van der Waals surface area (Å²) in [6.45, 7) is 3.19. The first kappa shape index (κ1) is 22.1. The van der Waals surface area contributed by atoms with Crippen LogP contribution in [-0.4, -0.2) is 12.9 Å². The minimum atomic E-state index is -4.66. The van der Waals surface area contributed by atoms with Crippen LogP contribution in [0.5, 0.6) is 5.75 Å². The molecule has 0 atom stereocenters. The molecular formula is C23H30F3NO. The lowest BCUT2D eigenvalue weighted by atomic mass is 10.1. The fourth-order valence-electron chi connectivity index (χ4n) is 3.12. The standard InChI is InChI=1S/C23H30F3NO/c1-2-3-4-5-6-7-8-9-18-27-21-14-10-19(11-15-21)20-12-16-22(17-13-20)28-23(24,25)26/h10-17,27H,2-9,18H2,1H3. The maximum Gasteiger partial charge on any atom is 0.573 e. The van der Waals surface area contributed by atoms with Crippen LogP contribution in [0.4, 0.5) is 18.9 Å². The molecule has 0 spiro atoms. The summed E-state index contributed by atoms with van der Waals surface area (Å²) in [6.07, 6.45) is 5.75. The van der Waals surface area contributed by atoms with Crippen molar-refractivity contribution in [2.24, 2.45) is 0 Å². The van der Waals surface area contributed by atoms with Crippen molar-refractivity contribution < 1.29 is 17.9 Å². The topological polar surface area (TPSA) is 21.3 Å². The summed E-state index contributed by atoms with van der Waals surface area (Å²) < 4.78 is 40.5. The van der Waals surface area contributed by atoms with Crippen molar-refractivity contribution in [3.05, 3.63) is 48.5 Å². The third-order valence-electron chi connectivity index (χ3n) is 4.67. The van der Waals surface area contributed by atoms with Gasteiger partial charge in [-0.1, -0.05) is 76.1 Å². The van der Waals surface area contributed by atoms with Gasteiger partial charge in [-0.15, -0.1) is 13.2 Å². The maximum atomic E-state index is 12.2. The molecule has 0 bridgehead atoms. The van der Waals surface area contributed by atoms with Gasteiger partial charge in [-0.2, -0.15) is 0 Å². The number of unbranched alkanes of at least 4 members (excludes halogenated alkanes) is 7. The van der Waals surface area contributed by atoms with Gasteiger partial charge >= 0.3 is 6.36 Å². The van der Waals surface area contributed by atoms with E-state index in [4.69, 9.17) is 0 Å². The number of nitrogens with one attached hydrogen (secondary N) is 1. The number of anilines is 1. The predicted octanol–water partition coefficient (Wildman–Crippen LogP) is 7.80. The third kappa shape index (κ3) is 8.68. The minimum absolute atomic E-state index is 0.208. The molecular weight excluding hydrogens is 363 g/mol. The molecule has 154 valence electrons. The molecule has 0 amide bonds. The Hall–Kier alpha value is -2.17. The van der Waals surface area contributed by atoms with E-state index in [1.807, 2.05) is 24.3 Å². The Labute approximate surface area is 166 Å². The van der Waals surface area contributed by atoms with Gasteiger partial charge in [-0.3, -0.25) is 0 Å². The first-order valence-electron chi connectivity index (χ1n) is 10.2. The van der Waals surface area contributed by atoms with Gasteiger partial charge in [0.05, 0.1) is 0 Å². The van der Waals surface area contributed by atoms with Crippen LogP contribution in [0.3, 0.4) is 0 Å². The van der Waals surface area contributed by atoms with E-state index in [9.17, 15) is 13.2 Å². The fraction of sp³-hybridized carbons (Fsp3) is 0.478. The lowest BCUT2D eigenvalue weighted by Crippen LogP contribution is -2.16. The predicted molar refractivity (Wildman–Crippen MR) is 110 cm³/mol. The average molecular weight is 393 g/mol. The highest BCUT2D eigenvalue weighted by Gasteiger charge is 2.30. The van der Waals surface area contributed by atoms with Crippen molar-refractivity contribution >= 4 is 5.69 Å². The van der Waals surface area contributed by atoms with E-state index in [-0.39, 0.29) is 5.75 Å². The summed E-state index contributed by atoms with van der Waals surface area (Å²) in [5.74, 6) is -0.208. The summed E-state index contributed by atoms with van der Waals surface area (Å²) in [7, 11) is 0. The molecule has 0 heterocycles. The van der Waals surface area contributed by atoms with Crippen LogP contribution in [-0.2, 0) is 0 Å². The zero-order chi connectivity index (χ0) is 20.2. The largest absolute Gasteiger partial charge is 0.573 e. The molecule has 0 radical (unpaired) electrons. The van der Waals surface area contributed by atoms with E-state index in [2.05, 4.69) is 17.0 Å². The van der Waals surface area contributed by atoms with Crippen LogP contribution in [0.15, 0.2) is 48.5 Å². The number of benzene rings is 2. The number of hydrogen-bond acceptors (Lipinski definition) is 2. The number of hydrogen-bond donors (Lipinski definition) is 1. The zero-order valence-corrected chi connectivity index (χ0v) is 16.5. The van der Waals surface area contributed by atoms with Crippen LogP contribution < -0.4 is 10.1 Å². The second-order valence-electron chi connectivity index (χ2n) is 7.05. The molecule has 0 unspecified atom stereocenters. The molecule has 0 aromatic heterocycles. The van der Waals surface area contributed by atoms with Gasteiger partial charge in [0.1, 0.15) is 5.75 Å². The summed E-state index contributed by atoms with van der Waals surface area (Å²) in [6, 6.07) is 13.9. The van der Waals surface area contributed by atoms with Crippen molar-refractivity contribution in [1.82, 2.24) is 0 Å². The molecule has 2 aromatic rings. The number of alkyl halides is 3. The van der Waals surface area contributed by atoms with E-state index < -0.39 is 6.36 Å². The van der Waals surface area contributed by atoms with Crippen LogP contribution in [0.25, 0.3) is 11.1 Å². The SMILES string of the molecule is CCCCCCCCCCNc1ccc(-c2ccc(OC(F)(F)F)cc2)cc1. The molecule has 0 aliphatic rings. The summed E-state index contributed by atoms with van der Waals surface area (Å²) >= 11 is 0. The Balaban J connectivity index is 1.70. The van der Waals surface area contributed by atoms with Gasteiger partial charge in [0.25, 0.3) is 0 Å². The normalized spacial score (nSPS) is 11.4. The highest BCUT2D eigenvalue weighted by molar-refractivity contribution is 5.66. The van der Waals surface area contributed by atoms with Crippen molar-refractivity contribution in [1.29, 1.82) is 0 Å². The molecule has 1 N–H and O–H groups in total. The van der Waals surface area contributed by atoms with Crippen LogP contribution in [0.1, 0.15) is 58.3 Å². The second kappa shape index (κ2) is 11.6. The van der Waals surface area contributed by atoms with Crippen molar-refractivity contribution in [3.8, 4) is 16.9 Å². The molecule has 2 nitrogen and oxygen atoms in total. The lowest BCUT2D eigenvalue weighted by Gasteiger charge is -2.10. The quantitative estimate of drug-likeness (QED) is 0.371. The third-order valence-corrected chi connectivity index (χ3v) is 4.67. The maximum absolute atomic E-state index is 12.2. The molecule has 0 aliphatic carbocycles. The van der Waals surface area contributed by atoms with Gasteiger partial charge in [0.15, 0.2) is 0 Å². The second-order valence-corrected chi connectivity index (χ2v) is 7.05. The van der Waals surface area contributed by atoms with Crippen molar-refractivity contribution in [2.75, 3.05) is 11.9 Å². The molecule has 28 heavy (non-hydrogen) atoms. The number of ether oxygens (including phenoxy) is 1. The summed E-state index contributed by atoms with van der Waals surface area (Å²) in [5.41, 5.74) is 2.86. The summed E-state index contributed by atoms with van der Waals surface area (Å²) in [5, 5.41) is 3.42. The summed E-state index contributed by atoms with van der Waals surface area (Å²) in [4.78, 5) is 0. The number of halogens is 3. The highest BCUT2D eigenvalue weighted by Crippen LogP contribution is 2.27. The van der Waals surface area contributed by atoms with Crippen molar-refractivity contribution in [3.63, 3.8) is 0 Å². The van der Waals surface area contributed by atoms with Gasteiger partial charge in [-0.25, -0.2) is 0 Å². The lowest BCUT2D eigenvalue weighted by molar-refractivity contribution is -0.274. The van der Waals surface area contributed by atoms with Crippen molar-refractivity contribution in [2.45, 2.75) is 64.7 Å². The monoisotopic (exact) mass is 393 g/mol. The van der Waals surface area contributed by atoms with E-state index in [1.54, 1.807) is 12.1 Å². The number of rotatable bonds is 12. The molecule has 2 rings (SSSR count). The Morgan fingerprint density at radius 1 is 0.714 bits per heavy atom. The molecule has 0 aliphatic heterocycles. The highest BCUT2D eigenvalue weighted by atomic mass is 19.4. The Morgan fingerprint density at radius 3 is 1.75 bits per heavy atom. The van der Waals surface area contributed by atoms with Crippen LogP contribution >= 0.6 is 0 Å².